The summed E-state index contributed by atoms with van der Waals surface area (Å²) in [5.41, 5.74) is 11.0. The minimum atomic E-state index is -0.609. The van der Waals surface area contributed by atoms with Crippen molar-refractivity contribution in [3.63, 3.8) is 0 Å². The van der Waals surface area contributed by atoms with Gasteiger partial charge in [0.25, 0.3) is 11.1 Å². The van der Waals surface area contributed by atoms with Crippen molar-refractivity contribution in [1.29, 1.82) is 0 Å². The molecule has 0 unspecified atom stereocenters. The minimum Gasteiger partial charge on any atom is -0.478 e. The molecule has 130 valence electrons. The molecule has 0 spiro atoms. The predicted octanol–water partition coefficient (Wildman–Crippen LogP) is 1.99. The number of nitrogens with two attached hydrogens (primary N) is 2. The largest absolute Gasteiger partial charge is 0.478 e. The van der Waals surface area contributed by atoms with E-state index >= 15 is 0 Å². The number of ether oxygens (including phenoxy) is 1. The highest BCUT2D eigenvalue weighted by molar-refractivity contribution is 7.98. The Morgan fingerprint density at radius 3 is 2.60 bits per heavy atom. The van der Waals surface area contributed by atoms with Crippen LogP contribution in [-0.4, -0.2) is 25.1 Å². The fourth-order valence-corrected chi connectivity index (χ4v) is 2.50. The summed E-state index contributed by atoms with van der Waals surface area (Å²) in [5.74, 6) is 0.668. The van der Waals surface area contributed by atoms with Gasteiger partial charge in [-0.15, -0.1) is 10.2 Å². The summed E-state index contributed by atoms with van der Waals surface area (Å²) in [6, 6.07) is 6.08. The molecule has 1 atom stereocenters. The monoisotopic (exact) mass is 363 g/mol. The molecule has 3 rings (SSSR count). The van der Waals surface area contributed by atoms with Gasteiger partial charge in [0.1, 0.15) is 5.82 Å². The summed E-state index contributed by atoms with van der Waals surface area (Å²) >= 11 is 1.20. The van der Waals surface area contributed by atoms with Gasteiger partial charge < -0.3 is 20.6 Å². The van der Waals surface area contributed by atoms with Crippen molar-refractivity contribution < 1.29 is 13.5 Å². The lowest BCUT2D eigenvalue weighted by Gasteiger charge is -2.11. The van der Waals surface area contributed by atoms with Gasteiger partial charge in [-0.1, -0.05) is 23.9 Å². The van der Waals surface area contributed by atoms with Crippen molar-refractivity contribution in [3.8, 4) is 5.75 Å². The van der Waals surface area contributed by atoms with Gasteiger partial charge in [-0.2, -0.15) is 15.0 Å². The van der Waals surface area contributed by atoms with Crippen molar-refractivity contribution in [2.75, 3.05) is 11.5 Å². The van der Waals surface area contributed by atoms with Gasteiger partial charge in [0, 0.05) is 0 Å². The molecule has 2 aromatic heterocycles. The topological polar surface area (TPSA) is 139 Å². The molecule has 3 aromatic rings. The molecular weight excluding hydrogens is 349 g/mol. The van der Waals surface area contributed by atoms with Crippen LogP contribution >= 0.6 is 11.8 Å². The molecular formula is C14H14FN7O2S. The van der Waals surface area contributed by atoms with E-state index in [1.807, 2.05) is 0 Å². The number of halogens is 1. The molecule has 0 aliphatic rings. The number of hydrogen-bond acceptors (Lipinski definition) is 10. The Labute approximate surface area is 146 Å². The second-order valence-electron chi connectivity index (χ2n) is 4.85. The Morgan fingerprint density at radius 2 is 1.88 bits per heavy atom. The summed E-state index contributed by atoms with van der Waals surface area (Å²) in [6.45, 7) is 1.68. The maximum atomic E-state index is 13.6. The third kappa shape index (κ3) is 4.32. The highest BCUT2D eigenvalue weighted by Crippen LogP contribution is 2.26. The van der Waals surface area contributed by atoms with Gasteiger partial charge in [0.2, 0.25) is 11.9 Å². The zero-order chi connectivity index (χ0) is 17.8. The smallest absolute Gasteiger partial charge is 0.277 e. The first-order valence-electron chi connectivity index (χ1n) is 7.14. The van der Waals surface area contributed by atoms with E-state index in [9.17, 15) is 4.39 Å². The van der Waals surface area contributed by atoms with Crippen LogP contribution in [0.3, 0.4) is 0 Å². The van der Waals surface area contributed by atoms with Crippen LogP contribution < -0.4 is 16.2 Å². The maximum absolute atomic E-state index is 13.6. The van der Waals surface area contributed by atoms with E-state index < -0.39 is 11.9 Å². The van der Waals surface area contributed by atoms with Gasteiger partial charge in [0.05, 0.1) is 5.75 Å². The lowest BCUT2D eigenvalue weighted by molar-refractivity contribution is 0.174. The van der Waals surface area contributed by atoms with E-state index in [1.165, 1.54) is 23.9 Å². The fourth-order valence-electron chi connectivity index (χ4n) is 1.87. The number of hydrogen-bond donors (Lipinski definition) is 2. The van der Waals surface area contributed by atoms with Gasteiger partial charge in [0.15, 0.2) is 17.7 Å². The molecule has 0 aliphatic heterocycles. The van der Waals surface area contributed by atoms with Crippen LogP contribution in [0.15, 0.2) is 33.9 Å². The third-order valence-corrected chi connectivity index (χ3v) is 3.77. The molecule has 0 aliphatic carbocycles. The predicted molar refractivity (Wildman–Crippen MR) is 88.0 cm³/mol. The lowest BCUT2D eigenvalue weighted by atomic mass is 10.3. The van der Waals surface area contributed by atoms with Crippen molar-refractivity contribution in [2.24, 2.45) is 0 Å². The van der Waals surface area contributed by atoms with Gasteiger partial charge in [-0.05, 0) is 19.1 Å². The van der Waals surface area contributed by atoms with Gasteiger partial charge in [-0.3, -0.25) is 0 Å². The molecule has 0 amide bonds. The van der Waals surface area contributed by atoms with Crippen LogP contribution in [0, 0.1) is 5.82 Å². The van der Waals surface area contributed by atoms with E-state index in [0.717, 1.165) is 0 Å². The normalized spacial score (nSPS) is 12.1. The highest BCUT2D eigenvalue weighted by atomic mass is 32.2. The summed E-state index contributed by atoms with van der Waals surface area (Å²) < 4.78 is 24.6. The van der Waals surface area contributed by atoms with Crippen LogP contribution in [0.1, 0.15) is 24.7 Å². The van der Waals surface area contributed by atoms with Gasteiger partial charge >= 0.3 is 0 Å². The standard InChI is InChI=1S/C14H14FN7O2S/c1-7(23-9-5-3-2-4-8(9)15)11-21-22-14(24-11)25-6-10-18-12(16)20-13(17)19-10/h2-5,7H,6H2,1H3,(H4,16,17,18,19,20)/t7-/m1/s1. The second-order valence-corrected chi connectivity index (χ2v) is 5.78. The molecule has 0 saturated carbocycles. The number of benzene rings is 1. The molecule has 0 radical (unpaired) electrons. The highest BCUT2D eigenvalue weighted by Gasteiger charge is 2.18. The fraction of sp³-hybridized carbons (Fsp3) is 0.214. The number of thioether (sulfide) groups is 1. The molecule has 2 heterocycles. The number of nitrogen functional groups attached to an aromatic ring is 2. The van der Waals surface area contributed by atoms with Gasteiger partial charge in [-0.25, -0.2) is 4.39 Å². The number of anilines is 2. The molecule has 9 nitrogen and oxygen atoms in total. The number of rotatable bonds is 6. The zero-order valence-corrected chi connectivity index (χ0v) is 13.9. The molecule has 25 heavy (non-hydrogen) atoms. The molecule has 0 fully saturated rings. The van der Waals surface area contributed by atoms with E-state index in [1.54, 1.807) is 19.1 Å². The van der Waals surface area contributed by atoms with Crippen molar-refractivity contribution in [3.05, 3.63) is 41.8 Å². The summed E-state index contributed by atoms with van der Waals surface area (Å²) in [7, 11) is 0. The van der Waals surface area contributed by atoms with Crippen LogP contribution in [0.25, 0.3) is 0 Å². The van der Waals surface area contributed by atoms with Crippen LogP contribution in [0.5, 0.6) is 5.75 Å². The first kappa shape index (κ1) is 16.9. The zero-order valence-electron chi connectivity index (χ0n) is 13.1. The Morgan fingerprint density at radius 1 is 1.16 bits per heavy atom. The third-order valence-electron chi connectivity index (χ3n) is 2.95. The van der Waals surface area contributed by atoms with Crippen molar-refractivity contribution in [2.45, 2.75) is 24.0 Å². The van der Waals surface area contributed by atoms with E-state index in [-0.39, 0.29) is 28.8 Å². The van der Waals surface area contributed by atoms with Crippen molar-refractivity contribution in [1.82, 2.24) is 25.1 Å². The van der Waals surface area contributed by atoms with Crippen LogP contribution in [0.4, 0.5) is 16.3 Å². The van der Waals surface area contributed by atoms with Crippen molar-refractivity contribution >= 4 is 23.7 Å². The average molecular weight is 363 g/mol. The first-order valence-corrected chi connectivity index (χ1v) is 8.13. The van der Waals surface area contributed by atoms with Crippen LogP contribution in [0.2, 0.25) is 0 Å². The lowest BCUT2D eigenvalue weighted by Crippen LogP contribution is -2.05. The minimum absolute atomic E-state index is 0.0428. The molecule has 1 aromatic carbocycles. The molecule has 4 N–H and O–H groups in total. The first-order chi connectivity index (χ1) is 12.0. The number of para-hydroxylation sites is 1. The molecule has 0 saturated heterocycles. The second kappa shape index (κ2) is 7.30. The quantitative estimate of drug-likeness (QED) is 0.625. The van der Waals surface area contributed by atoms with Crippen LogP contribution in [-0.2, 0) is 5.75 Å². The number of aromatic nitrogens is 5. The van der Waals surface area contributed by atoms with E-state index in [2.05, 4.69) is 25.1 Å². The Kier molecular flexibility index (Phi) is 4.93. The average Bonchev–Trinajstić information content (AvgIpc) is 3.03. The summed E-state index contributed by atoms with van der Waals surface area (Å²) in [6.07, 6.45) is -0.609. The number of nitrogens with zero attached hydrogens (tertiary/aromatic N) is 5. The molecule has 11 heteroatoms. The molecule has 0 bridgehead atoms. The SMILES string of the molecule is C[C@@H](Oc1ccccc1F)c1nnc(SCc2nc(N)nc(N)n2)o1. The Hall–Kier alpha value is -2.95. The Bertz CT molecular complexity index is 856. The Balaban J connectivity index is 1.62. The van der Waals surface area contributed by atoms with E-state index in [4.69, 9.17) is 20.6 Å². The maximum Gasteiger partial charge on any atom is 0.277 e. The summed E-state index contributed by atoms with van der Waals surface area (Å²) in [5, 5.41) is 8.09. The summed E-state index contributed by atoms with van der Waals surface area (Å²) in [4.78, 5) is 11.6. The van der Waals surface area contributed by atoms with E-state index in [0.29, 0.717) is 11.6 Å².